The molecule has 1 aliphatic heterocycles. The number of carbonyl (C=O) groups excluding carboxylic acids is 1. The molecule has 0 fully saturated rings. The topological polar surface area (TPSA) is 35.5 Å². The minimum absolute atomic E-state index is 0.0642. The minimum atomic E-state index is -0.280. The minimum Gasteiger partial charge on any atom is -0.456 e. The Hall–Kier alpha value is -1.09. The van der Waals surface area contributed by atoms with Crippen molar-refractivity contribution in [3.05, 3.63) is 24.8 Å². The van der Waals surface area contributed by atoms with E-state index in [4.69, 9.17) is 9.47 Å². The van der Waals surface area contributed by atoms with Crippen molar-refractivity contribution in [2.24, 2.45) is 0 Å². The van der Waals surface area contributed by atoms with Gasteiger partial charge in [-0.3, -0.25) is 4.79 Å². The lowest BCUT2D eigenvalue weighted by Crippen LogP contribution is -2.35. The predicted molar refractivity (Wildman–Crippen MR) is 53.8 cm³/mol. The second-order valence-electron chi connectivity index (χ2n) is 3.36. The summed E-state index contributed by atoms with van der Waals surface area (Å²) in [5, 5.41) is 0. The van der Waals surface area contributed by atoms with Crippen LogP contribution in [-0.4, -0.2) is 24.3 Å². The SMILES string of the molecule is C=CC[C@H]1C=C[C@@H](OC(C)=O)[C@H](C)O1. The summed E-state index contributed by atoms with van der Waals surface area (Å²) in [6, 6.07) is 0. The smallest absolute Gasteiger partial charge is 0.303 e. The van der Waals surface area contributed by atoms with Crippen molar-refractivity contribution in [1.82, 2.24) is 0 Å². The number of hydrogen-bond donors (Lipinski definition) is 0. The molecule has 0 amide bonds. The first-order valence-corrected chi connectivity index (χ1v) is 4.75. The maximum Gasteiger partial charge on any atom is 0.303 e. The van der Waals surface area contributed by atoms with Crippen molar-refractivity contribution in [1.29, 1.82) is 0 Å². The zero-order valence-electron chi connectivity index (χ0n) is 8.60. The highest BCUT2D eigenvalue weighted by atomic mass is 16.6. The van der Waals surface area contributed by atoms with Gasteiger partial charge in [-0.15, -0.1) is 6.58 Å². The van der Waals surface area contributed by atoms with Crippen LogP contribution in [-0.2, 0) is 14.3 Å². The fourth-order valence-electron chi connectivity index (χ4n) is 1.41. The van der Waals surface area contributed by atoms with Crippen molar-refractivity contribution < 1.29 is 14.3 Å². The van der Waals surface area contributed by atoms with Crippen LogP contribution >= 0.6 is 0 Å². The van der Waals surface area contributed by atoms with Crippen LogP contribution < -0.4 is 0 Å². The van der Waals surface area contributed by atoms with Crippen LogP contribution in [0.15, 0.2) is 24.8 Å². The molecule has 0 spiro atoms. The second-order valence-corrected chi connectivity index (χ2v) is 3.36. The third-order valence-electron chi connectivity index (χ3n) is 2.07. The zero-order valence-corrected chi connectivity index (χ0v) is 8.60. The van der Waals surface area contributed by atoms with Gasteiger partial charge in [0, 0.05) is 6.92 Å². The van der Waals surface area contributed by atoms with Crippen molar-refractivity contribution in [3.63, 3.8) is 0 Å². The lowest BCUT2D eigenvalue weighted by atomic mass is 10.1. The summed E-state index contributed by atoms with van der Waals surface area (Å²) in [6.07, 6.45) is 6.11. The van der Waals surface area contributed by atoms with Crippen molar-refractivity contribution in [2.45, 2.75) is 38.6 Å². The van der Waals surface area contributed by atoms with E-state index in [0.29, 0.717) is 0 Å². The molecular weight excluding hydrogens is 180 g/mol. The van der Waals surface area contributed by atoms with Crippen LogP contribution in [0.1, 0.15) is 20.3 Å². The molecular formula is C11H16O3. The number of hydrogen-bond acceptors (Lipinski definition) is 3. The van der Waals surface area contributed by atoms with E-state index in [-0.39, 0.29) is 24.3 Å². The first-order valence-electron chi connectivity index (χ1n) is 4.75. The van der Waals surface area contributed by atoms with Gasteiger partial charge in [-0.2, -0.15) is 0 Å². The Balaban J connectivity index is 2.53. The average Bonchev–Trinajstić information content (AvgIpc) is 2.10. The Morgan fingerprint density at radius 2 is 2.36 bits per heavy atom. The molecule has 3 heteroatoms. The normalized spacial score (nSPS) is 31.1. The summed E-state index contributed by atoms with van der Waals surface area (Å²) in [5.74, 6) is -0.280. The number of esters is 1. The molecule has 14 heavy (non-hydrogen) atoms. The molecule has 1 heterocycles. The monoisotopic (exact) mass is 196 g/mol. The van der Waals surface area contributed by atoms with Gasteiger partial charge in [-0.25, -0.2) is 0 Å². The fraction of sp³-hybridized carbons (Fsp3) is 0.545. The van der Waals surface area contributed by atoms with Crippen molar-refractivity contribution in [2.75, 3.05) is 0 Å². The van der Waals surface area contributed by atoms with E-state index in [1.54, 1.807) is 0 Å². The Morgan fingerprint density at radius 3 is 2.86 bits per heavy atom. The molecule has 0 saturated carbocycles. The largest absolute Gasteiger partial charge is 0.456 e. The van der Waals surface area contributed by atoms with Gasteiger partial charge in [0.15, 0.2) is 0 Å². The Bertz CT molecular complexity index is 245. The maximum atomic E-state index is 10.7. The second kappa shape index (κ2) is 4.96. The molecule has 0 radical (unpaired) electrons. The molecule has 0 aromatic carbocycles. The third kappa shape index (κ3) is 3.00. The van der Waals surface area contributed by atoms with Gasteiger partial charge < -0.3 is 9.47 Å². The average molecular weight is 196 g/mol. The maximum absolute atomic E-state index is 10.7. The van der Waals surface area contributed by atoms with E-state index in [2.05, 4.69) is 6.58 Å². The molecule has 0 unspecified atom stereocenters. The number of rotatable bonds is 3. The molecule has 0 aliphatic carbocycles. The third-order valence-corrected chi connectivity index (χ3v) is 2.07. The molecule has 0 saturated heterocycles. The molecule has 78 valence electrons. The molecule has 3 atom stereocenters. The lowest BCUT2D eigenvalue weighted by molar-refractivity contribution is -0.153. The Morgan fingerprint density at radius 1 is 1.64 bits per heavy atom. The zero-order chi connectivity index (χ0) is 10.6. The summed E-state index contributed by atoms with van der Waals surface area (Å²) >= 11 is 0. The molecule has 0 aromatic heterocycles. The van der Waals surface area contributed by atoms with Gasteiger partial charge in [-0.05, 0) is 19.4 Å². The summed E-state index contributed by atoms with van der Waals surface area (Å²) in [7, 11) is 0. The highest BCUT2D eigenvalue weighted by Crippen LogP contribution is 2.17. The summed E-state index contributed by atoms with van der Waals surface area (Å²) in [5.41, 5.74) is 0. The van der Waals surface area contributed by atoms with E-state index in [9.17, 15) is 4.79 Å². The van der Waals surface area contributed by atoms with Gasteiger partial charge in [0.1, 0.15) is 6.10 Å². The molecule has 1 rings (SSSR count). The number of ether oxygens (including phenoxy) is 2. The van der Waals surface area contributed by atoms with E-state index < -0.39 is 0 Å². The van der Waals surface area contributed by atoms with Crippen LogP contribution in [0.5, 0.6) is 0 Å². The lowest BCUT2D eigenvalue weighted by Gasteiger charge is -2.28. The number of carbonyl (C=O) groups is 1. The van der Waals surface area contributed by atoms with E-state index in [1.165, 1.54) is 6.92 Å². The van der Waals surface area contributed by atoms with E-state index >= 15 is 0 Å². The highest BCUT2D eigenvalue weighted by Gasteiger charge is 2.24. The first kappa shape index (κ1) is 11.0. The molecule has 1 aliphatic rings. The molecule has 0 bridgehead atoms. The van der Waals surface area contributed by atoms with Gasteiger partial charge >= 0.3 is 5.97 Å². The van der Waals surface area contributed by atoms with Crippen molar-refractivity contribution in [3.8, 4) is 0 Å². The van der Waals surface area contributed by atoms with E-state index in [0.717, 1.165) is 6.42 Å². The van der Waals surface area contributed by atoms with Crippen molar-refractivity contribution >= 4 is 5.97 Å². The predicted octanol–water partition coefficient (Wildman–Crippen LogP) is 1.84. The first-order chi connectivity index (χ1) is 6.63. The summed E-state index contributed by atoms with van der Waals surface area (Å²) in [4.78, 5) is 10.7. The summed E-state index contributed by atoms with van der Waals surface area (Å²) < 4.78 is 10.7. The van der Waals surface area contributed by atoms with E-state index in [1.807, 2.05) is 25.2 Å². The van der Waals surface area contributed by atoms with Crippen LogP contribution in [0.3, 0.4) is 0 Å². The van der Waals surface area contributed by atoms with Gasteiger partial charge in [0.05, 0.1) is 12.2 Å². The molecule has 3 nitrogen and oxygen atoms in total. The van der Waals surface area contributed by atoms with Gasteiger partial charge in [-0.1, -0.05) is 12.2 Å². The summed E-state index contributed by atoms with van der Waals surface area (Å²) in [6.45, 7) is 6.94. The quantitative estimate of drug-likeness (QED) is 0.510. The standard InChI is InChI=1S/C11H16O3/c1-4-5-10-6-7-11(8(2)13-10)14-9(3)12/h4,6-8,10-11H,1,5H2,2-3H3/t8-,10-,11+/m0/s1. The Kier molecular flexibility index (Phi) is 3.89. The highest BCUT2D eigenvalue weighted by molar-refractivity contribution is 5.66. The van der Waals surface area contributed by atoms with Crippen LogP contribution in [0.4, 0.5) is 0 Å². The van der Waals surface area contributed by atoms with Gasteiger partial charge in [0.2, 0.25) is 0 Å². The van der Waals surface area contributed by atoms with Gasteiger partial charge in [0.25, 0.3) is 0 Å². The Labute approximate surface area is 84.4 Å². The van der Waals surface area contributed by atoms with Crippen LogP contribution in [0.25, 0.3) is 0 Å². The molecule has 0 N–H and O–H groups in total. The fourth-order valence-corrected chi connectivity index (χ4v) is 1.41. The van der Waals surface area contributed by atoms with Crippen LogP contribution in [0, 0.1) is 0 Å². The molecule has 0 aromatic rings. The van der Waals surface area contributed by atoms with Crippen LogP contribution in [0.2, 0.25) is 0 Å².